The van der Waals surface area contributed by atoms with Crippen molar-refractivity contribution < 1.29 is 0 Å². The molecule has 0 aromatic heterocycles. The average molecular weight is 161 g/mol. The molecule has 0 bridgehead atoms. The molecule has 1 heterocycles. The van der Waals surface area contributed by atoms with Crippen LogP contribution in [-0.4, -0.2) is 0 Å². The van der Waals surface area contributed by atoms with Crippen LogP contribution in [-0.2, 0) is 0 Å². The van der Waals surface area contributed by atoms with E-state index in [1.165, 1.54) is 25.2 Å². The molecule has 2 rings (SSSR count). The zero-order chi connectivity index (χ0) is 8.39. The second-order valence-electron chi connectivity index (χ2n) is 3.15. The Balaban J connectivity index is 2.19. The number of allylic oxidation sites excluding steroid dienone is 4. The van der Waals surface area contributed by atoms with Crippen molar-refractivity contribution >= 4 is 0 Å². The molecule has 1 aliphatic carbocycles. The van der Waals surface area contributed by atoms with Crippen LogP contribution in [0.1, 0.15) is 19.3 Å². The third-order valence-electron chi connectivity index (χ3n) is 2.31. The van der Waals surface area contributed by atoms with E-state index in [2.05, 4.69) is 5.32 Å². The van der Waals surface area contributed by atoms with Gasteiger partial charge in [0, 0.05) is 17.8 Å². The van der Waals surface area contributed by atoms with Gasteiger partial charge in [0.15, 0.2) is 0 Å². The summed E-state index contributed by atoms with van der Waals surface area (Å²) in [4.78, 5) is 0. The van der Waals surface area contributed by atoms with Gasteiger partial charge in [-0.2, -0.15) is 0 Å². The average Bonchev–Trinajstić information content (AvgIpc) is 2.13. The highest BCUT2D eigenvalue weighted by Gasteiger charge is 2.23. The fourth-order valence-electron chi connectivity index (χ4n) is 1.42. The summed E-state index contributed by atoms with van der Waals surface area (Å²) in [5.74, 6) is 1.46. The van der Waals surface area contributed by atoms with E-state index in [-0.39, 0.29) is 0 Å². The smallest absolute Gasteiger partial charge is 0.0516 e. The van der Waals surface area contributed by atoms with Gasteiger partial charge >= 0.3 is 0 Å². The van der Waals surface area contributed by atoms with Gasteiger partial charge in [-0.25, -0.2) is 0 Å². The summed E-state index contributed by atoms with van der Waals surface area (Å²) in [6, 6.07) is 0. The normalized spacial score (nSPS) is 23.3. The molecule has 1 radical (unpaired) electrons. The number of hydrogen-bond acceptors (Lipinski definition) is 2. The van der Waals surface area contributed by atoms with E-state index in [0.29, 0.717) is 0 Å². The Morgan fingerprint density at radius 1 is 1.25 bits per heavy atom. The van der Waals surface area contributed by atoms with Gasteiger partial charge in [0.25, 0.3) is 0 Å². The summed E-state index contributed by atoms with van der Waals surface area (Å²) in [7, 11) is 0. The molecule has 0 amide bonds. The van der Waals surface area contributed by atoms with Crippen molar-refractivity contribution in [2.75, 3.05) is 0 Å². The van der Waals surface area contributed by atoms with Crippen LogP contribution in [0.2, 0.25) is 0 Å². The van der Waals surface area contributed by atoms with Gasteiger partial charge < -0.3 is 11.1 Å². The van der Waals surface area contributed by atoms with Crippen molar-refractivity contribution in [1.82, 2.24) is 5.32 Å². The Hall–Kier alpha value is -1.18. The van der Waals surface area contributed by atoms with Gasteiger partial charge in [0.05, 0.1) is 5.70 Å². The number of hydrogen-bond donors (Lipinski definition) is 2. The zero-order valence-electron chi connectivity index (χ0n) is 7.01. The van der Waals surface area contributed by atoms with Crippen LogP contribution in [0.3, 0.4) is 0 Å². The van der Waals surface area contributed by atoms with Gasteiger partial charge in [0.1, 0.15) is 0 Å². The van der Waals surface area contributed by atoms with Crippen LogP contribution in [0.15, 0.2) is 35.8 Å². The van der Waals surface area contributed by atoms with Crippen LogP contribution in [0.25, 0.3) is 0 Å². The van der Waals surface area contributed by atoms with E-state index in [9.17, 15) is 0 Å². The van der Waals surface area contributed by atoms with Gasteiger partial charge in [-0.15, -0.1) is 0 Å². The van der Waals surface area contributed by atoms with Crippen molar-refractivity contribution in [3.63, 3.8) is 0 Å². The molecule has 1 fully saturated rings. The van der Waals surface area contributed by atoms with Crippen molar-refractivity contribution in [3.8, 4) is 0 Å². The highest BCUT2D eigenvalue weighted by atomic mass is 14.9. The number of rotatable bonds is 1. The fraction of sp³-hybridized carbons (Fsp3) is 0.300. The van der Waals surface area contributed by atoms with E-state index >= 15 is 0 Å². The highest BCUT2D eigenvalue weighted by Crippen LogP contribution is 2.35. The maximum atomic E-state index is 5.86. The lowest BCUT2D eigenvalue weighted by molar-refractivity contribution is 0.555. The van der Waals surface area contributed by atoms with Gasteiger partial charge in [-0.3, -0.25) is 0 Å². The van der Waals surface area contributed by atoms with Crippen LogP contribution in [0.4, 0.5) is 0 Å². The first-order chi connectivity index (χ1) is 5.88. The lowest BCUT2D eigenvalue weighted by Gasteiger charge is -2.27. The molecule has 63 valence electrons. The largest absolute Gasteiger partial charge is 0.397 e. The van der Waals surface area contributed by atoms with Crippen LogP contribution in [0.5, 0.6) is 0 Å². The van der Waals surface area contributed by atoms with Crippen molar-refractivity contribution in [1.29, 1.82) is 0 Å². The quantitative estimate of drug-likeness (QED) is 0.613. The first-order valence-electron chi connectivity index (χ1n) is 4.32. The van der Waals surface area contributed by atoms with Crippen molar-refractivity contribution in [3.05, 3.63) is 41.7 Å². The first kappa shape index (κ1) is 7.47. The summed E-state index contributed by atoms with van der Waals surface area (Å²) in [6.07, 6.45) is 11.5. The van der Waals surface area contributed by atoms with Crippen LogP contribution >= 0.6 is 0 Å². The second-order valence-corrected chi connectivity index (χ2v) is 3.15. The molecule has 3 N–H and O–H groups in total. The van der Waals surface area contributed by atoms with E-state index in [0.717, 1.165) is 11.4 Å². The first-order valence-corrected chi connectivity index (χ1v) is 4.32. The highest BCUT2D eigenvalue weighted by molar-refractivity contribution is 5.38. The minimum absolute atomic E-state index is 0.856. The maximum Gasteiger partial charge on any atom is 0.0516 e. The monoisotopic (exact) mass is 161 g/mol. The minimum Gasteiger partial charge on any atom is -0.397 e. The Morgan fingerprint density at radius 3 is 2.75 bits per heavy atom. The van der Waals surface area contributed by atoms with Crippen molar-refractivity contribution in [2.24, 2.45) is 5.73 Å². The van der Waals surface area contributed by atoms with Crippen LogP contribution < -0.4 is 11.1 Å². The Bertz CT molecular complexity index is 257. The number of nitrogens with one attached hydrogen (secondary N) is 1. The fourth-order valence-corrected chi connectivity index (χ4v) is 1.42. The lowest BCUT2D eigenvalue weighted by atomic mass is 9.82. The molecule has 1 saturated carbocycles. The molecule has 0 aromatic rings. The molecule has 0 spiro atoms. The summed E-state index contributed by atoms with van der Waals surface area (Å²) >= 11 is 0. The van der Waals surface area contributed by atoms with E-state index in [1.54, 1.807) is 0 Å². The maximum absolute atomic E-state index is 5.86. The summed E-state index contributed by atoms with van der Waals surface area (Å²) in [6.45, 7) is 0. The van der Waals surface area contributed by atoms with E-state index < -0.39 is 0 Å². The standard InChI is InChI=1S/C10H13N2/c11-9-6-1-2-7-12-10(9)8-4-3-5-8/h1-2,6-7,12H,3-5,11H2. The third kappa shape index (κ3) is 1.24. The molecule has 2 aliphatic rings. The zero-order valence-corrected chi connectivity index (χ0v) is 7.01. The second kappa shape index (κ2) is 3.05. The Labute approximate surface area is 72.8 Å². The molecule has 12 heavy (non-hydrogen) atoms. The topological polar surface area (TPSA) is 38.0 Å². The summed E-state index contributed by atoms with van der Waals surface area (Å²) in [5.41, 5.74) is 7.85. The minimum atomic E-state index is 0.856. The molecule has 2 nitrogen and oxygen atoms in total. The SMILES string of the molecule is NC1=C([C]2CCC2)NC=CC=C1. The van der Waals surface area contributed by atoms with E-state index in [4.69, 9.17) is 5.73 Å². The van der Waals surface area contributed by atoms with Gasteiger partial charge in [-0.05, 0) is 25.0 Å². The lowest BCUT2D eigenvalue weighted by Crippen LogP contribution is -2.23. The molecule has 0 atom stereocenters. The molecular formula is C10H13N2. The van der Waals surface area contributed by atoms with E-state index in [1.807, 2.05) is 24.4 Å². The molecule has 0 saturated heterocycles. The van der Waals surface area contributed by atoms with Crippen LogP contribution in [0, 0.1) is 5.92 Å². The Morgan fingerprint density at radius 2 is 2.08 bits per heavy atom. The number of nitrogens with two attached hydrogens (primary N) is 1. The summed E-state index contributed by atoms with van der Waals surface area (Å²) < 4.78 is 0. The third-order valence-corrected chi connectivity index (χ3v) is 2.31. The van der Waals surface area contributed by atoms with Crippen molar-refractivity contribution in [2.45, 2.75) is 19.3 Å². The Kier molecular flexibility index (Phi) is 1.90. The predicted molar refractivity (Wildman–Crippen MR) is 49.7 cm³/mol. The molecule has 0 unspecified atom stereocenters. The van der Waals surface area contributed by atoms with Gasteiger partial charge in [0.2, 0.25) is 0 Å². The van der Waals surface area contributed by atoms with Gasteiger partial charge in [-0.1, -0.05) is 12.5 Å². The molecule has 2 heteroatoms. The molecule has 1 aliphatic heterocycles. The predicted octanol–water partition coefficient (Wildman–Crippen LogP) is 1.59. The molecule has 0 aromatic carbocycles. The molecular weight excluding hydrogens is 148 g/mol. The summed E-state index contributed by atoms with van der Waals surface area (Å²) in [5, 5.41) is 3.21.